The first kappa shape index (κ1) is 14.2. The fourth-order valence-corrected chi connectivity index (χ4v) is 2.96. The molecular formula is C15H15BrN4O. The molecule has 0 saturated carbocycles. The summed E-state index contributed by atoms with van der Waals surface area (Å²) in [6.45, 7) is 1.38. The van der Waals surface area contributed by atoms with Gasteiger partial charge in [0.05, 0.1) is 5.69 Å². The van der Waals surface area contributed by atoms with E-state index in [0.29, 0.717) is 6.54 Å². The van der Waals surface area contributed by atoms with E-state index in [1.165, 1.54) is 0 Å². The Morgan fingerprint density at radius 3 is 2.81 bits per heavy atom. The minimum absolute atomic E-state index is 0.338. The first-order chi connectivity index (χ1) is 10.1. The molecule has 1 unspecified atom stereocenters. The Morgan fingerprint density at radius 1 is 1.33 bits per heavy atom. The van der Waals surface area contributed by atoms with E-state index in [1.54, 1.807) is 6.33 Å². The fraction of sp³-hybridized carbons (Fsp3) is 0.267. The molecule has 2 N–H and O–H groups in total. The maximum absolute atomic E-state index is 11.9. The van der Waals surface area contributed by atoms with E-state index in [4.69, 9.17) is 5.73 Å². The standard InChI is InChI=1S/C15H15BrN4O/c16-12-3-1-10(2-4-12)14(15(17)21)20-6-5-11-7-18-9-19-13(11)8-20/h1-4,7,9,14H,5-6,8H2,(H2,17,21). The maximum atomic E-state index is 11.9. The summed E-state index contributed by atoms with van der Waals surface area (Å²) in [4.78, 5) is 22.4. The number of aromatic nitrogens is 2. The molecule has 0 radical (unpaired) electrons. The van der Waals surface area contributed by atoms with Crippen molar-refractivity contribution in [3.8, 4) is 0 Å². The van der Waals surface area contributed by atoms with Crippen molar-refractivity contribution >= 4 is 21.8 Å². The summed E-state index contributed by atoms with van der Waals surface area (Å²) in [7, 11) is 0. The van der Waals surface area contributed by atoms with Crippen LogP contribution in [-0.2, 0) is 17.8 Å². The van der Waals surface area contributed by atoms with Gasteiger partial charge in [0, 0.05) is 23.8 Å². The highest BCUT2D eigenvalue weighted by atomic mass is 79.9. The van der Waals surface area contributed by atoms with Gasteiger partial charge < -0.3 is 5.73 Å². The average Bonchev–Trinajstić information content (AvgIpc) is 2.49. The second-order valence-electron chi connectivity index (χ2n) is 5.07. The molecule has 5 nitrogen and oxygen atoms in total. The predicted molar refractivity (Wildman–Crippen MR) is 82.2 cm³/mol. The Bertz CT molecular complexity index is 659. The van der Waals surface area contributed by atoms with E-state index in [2.05, 4.69) is 30.8 Å². The van der Waals surface area contributed by atoms with E-state index in [1.807, 2.05) is 30.5 Å². The SMILES string of the molecule is NC(=O)C(c1ccc(Br)cc1)N1CCc2cncnc2C1. The Kier molecular flexibility index (Phi) is 3.98. The molecular weight excluding hydrogens is 332 g/mol. The van der Waals surface area contributed by atoms with Crippen LogP contribution in [0.1, 0.15) is 22.9 Å². The molecule has 1 aliphatic rings. The van der Waals surface area contributed by atoms with Crippen LogP contribution in [0.15, 0.2) is 41.3 Å². The number of hydrogen-bond acceptors (Lipinski definition) is 4. The van der Waals surface area contributed by atoms with Gasteiger partial charge in [-0.25, -0.2) is 9.97 Å². The summed E-state index contributed by atoms with van der Waals surface area (Å²) < 4.78 is 0.978. The lowest BCUT2D eigenvalue weighted by Crippen LogP contribution is -2.41. The van der Waals surface area contributed by atoms with Crippen molar-refractivity contribution in [3.05, 3.63) is 58.1 Å². The molecule has 0 saturated heterocycles. The van der Waals surface area contributed by atoms with E-state index in [0.717, 1.165) is 34.3 Å². The fourth-order valence-electron chi connectivity index (χ4n) is 2.69. The lowest BCUT2D eigenvalue weighted by atomic mass is 10.00. The summed E-state index contributed by atoms with van der Waals surface area (Å²) in [6, 6.07) is 7.27. The van der Waals surface area contributed by atoms with Gasteiger partial charge in [-0.05, 0) is 29.7 Å². The van der Waals surface area contributed by atoms with Crippen LogP contribution < -0.4 is 5.73 Å². The molecule has 2 aromatic rings. The van der Waals surface area contributed by atoms with Gasteiger partial charge in [0.25, 0.3) is 0 Å². The van der Waals surface area contributed by atoms with Gasteiger partial charge in [-0.2, -0.15) is 0 Å². The van der Waals surface area contributed by atoms with E-state index in [-0.39, 0.29) is 5.91 Å². The van der Waals surface area contributed by atoms with Gasteiger partial charge in [-0.15, -0.1) is 0 Å². The van der Waals surface area contributed by atoms with Crippen LogP contribution in [0.4, 0.5) is 0 Å². The molecule has 21 heavy (non-hydrogen) atoms. The van der Waals surface area contributed by atoms with Crippen molar-refractivity contribution in [1.82, 2.24) is 14.9 Å². The number of rotatable bonds is 3. The van der Waals surface area contributed by atoms with Crippen LogP contribution in [0, 0.1) is 0 Å². The van der Waals surface area contributed by atoms with Gasteiger partial charge in [-0.1, -0.05) is 28.1 Å². The quantitative estimate of drug-likeness (QED) is 0.919. The van der Waals surface area contributed by atoms with Crippen LogP contribution in [0.3, 0.4) is 0 Å². The van der Waals surface area contributed by atoms with E-state index in [9.17, 15) is 4.79 Å². The maximum Gasteiger partial charge on any atom is 0.239 e. The lowest BCUT2D eigenvalue weighted by Gasteiger charge is -2.33. The Morgan fingerprint density at radius 2 is 2.10 bits per heavy atom. The largest absolute Gasteiger partial charge is 0.368 e. The molecule has 0 fully saturated rings. The Balaban J connectivity index is 1.89. The van der Waals surface area contributed by atoms with Crippen molar-refractivity contribution in [2.24, 2.45) is 5.73 Å². The third kappa shape index (κ3) is 2.96. The molecule has 6 heteroatoms. The number of fused-ring (bicyclic) bond motifs is 1. The number of amides is 1. The molecule has 108 valence electrons. The van der Waals surface area contributed by atoms with Gasteiger partial charge in [0.15, 0.2) is 0 Å². The third-order valence-electron chi connectivity index (χ3n) is 3.72. The lowest BCUT2D eigenvalue weighted by molar-refractivity contribution is -0.123. The zero-order valence-corrected chi connectivity index (χ0v) is 13.0. The number of carbonyl (C=O) groups is 1. The van der Waals surface area contributed by atoms with Gasteiger partial charge in [0.2, 0.25) is 5.91 Å². The summed E-state index contributed by atoms with van der Waals surface area (Å²) in [5.41, 5.74) is 8.66. The molecule has 0 spiro atoms. The number of carbonyl (C=O) groups excluding carboxylic acids is 1. The second kappa shape index (κ2) is 5.91. The van der Waals surface area contributed by atoms with Crippen LogP contribution in [0.2, 0.25) is 0 Å². The first-order valence-corrected chi connectivity index (χ1v) is 7.51. The second-order valence-corrected chi connectivity index (χ2v) is 5.99. The first-order valence-electron chi connectivity index (χ1n) is 6.72. The van der Waals surface area contributed by atoms with Gasteiger partial charge >= 0.3 is 0 Å². The average molecular weight is 347 g/mol. The minimum atomic E-state index is -0.429. The molecule has 1 aromatic heterocycles. The zero-order chi connectivity index (χ0) is 14.8. The summed E-state index contributed by atoms with van der Waals surface area (Å²) >= 11 is 3.40. The monoisotopic (exact) mass is 346 g/mol. The highest BCUT2D eigenvalue weighted by Crippen LogP contribution is 2.27. The van der Waals surface area contributed by atoms with Crippen LogP contribution >= 0.6 is 15.9 Å². The number of hydrogen-bond donors (Lipinski definition) is 1. The van der Waals surface area contributed by atoms with Crippen LogP contribution in [-0.4, -0.2) is 27.3 Å². The molecule has 1 amide bonds. The van der Waals surface area contributed by atoms with Gasteiger partial charge in [-0.3, -0.25) is 9.69 Å². The van der Waals surface area contributed by atoms with Crippen molar-refractivity contribution < 1.29 is 4.79 Å². The summed E-state index contributed by atoms with van der Waals surface area (Å²) in [6.07, 6.45) is 4.22. The summed E-state index contributed by atoms with van der Waals surface area (Å²) in [5.74, 6) is -0.338. The molecule has 1 aliphatic heterocycles. The van der Waals surface area contributed by atoms with Crippen molar-refractivity contribution in [2.75, 3.05) is 6.54 Å². The van der Waals surface area contributed by atoms with E-state index >= 15 is 0 Å². The number of primary amides is 1. The van der Waals surface area contributed by atoms with Crippen molar-refractivity contribution in [3.63, 3.8) is 0 Å². The Labute approximate surface area is 131 Å². The molecule has 1 atom stereocenters. The third-order valence-corrected chi connectivity index (χ3v) is 4.25. The molecule has 0 aliphatic carbocycles. The van der Waals surface area contributed by atoms with E-state index < -0.39 is 6.04 Å². The highest BCUT2D eigenvalue weighted by Gasteiger charge is 2.29. The number of nitrogens with two attached hydrogens (primary N) is 1. The number of benzene rings is 1. The molecule has 1 aromatic carbocycles. The zero-order valence-electron chi connectivity index (χ0n) is 11.4. The Hall–Kier alpha value is -1.79. The molecule has 2 heterocycles. The van der Waals surface area contributed by atoms with Crippen molar-refractivity contribution in [2.45, 2.75) is 19.0 Å². The van der Waals surface area contributed by atoms with Gasteiger partial charge in [0.1, 0.15) is 12.4 Å². The van der Waals surface area contributed by atoms with Crippen LogP contribution in [0.25, 0.3) is 0 Å². The van der Waals surface area contributed by atoms with Crippen LogP contribution in [0.5, 0.6) is 0 Å². The molecule has 0 bridgehead atoms. The molecule has 3 rings (SSSR count). The topological polar surface area (TPSA) is 72.1 Å². The normalized spacial score (nSPS) is 16.2. The number of halogens is 1. The number of nitrogens with zero attached hydrogens (tertiary/aromatic N) is 3. The smallest absolute Gasteiger partial charge is 0.239 e. The summed E-state index contributed by atoms with van der Waals surface area (Å²) in [5, 5.41) is 0. The van der Waals surface area contributed by atoms with Crippen molar-refractivity contribution in [1.29, 1.82) is 0 Å². The minimum Gasteiger partial charge on any atom is -0.368 e. The highest BCUT2D eigenvalue weighted by molar-refractivity contribution is 9.10. The predicted octanol–water partition coefficient (Wildman–Crippen LogP) is 1.82.